The molecule has 9 aromatic rings. The normalized spacial score (nSPS) is 13.2. The molecule has 0 fully saturated rings. The van der Waals surface area contributed by atoms with Gasteiger partial charge in [-0.1, -0.05) is 147 Å². The lowest BCUT2D eigenvalue weighted by Crippen LogP contribution is -2.15. The van der Waals surface area contributed by atoms with Gasteiger partial charge in [-0.2, -0.15) is 0 Å². The predicted octanol–water partition coefficient (Wildman–Crippen LogP) is 12.0. The van der Waals surface area contributed by atoms with Gasteiger partial charge < -0.3 is 0 Å². The van der Waals surface area contributed by atoms with Crippen LogP contribution in [0.15, 0.2) is 164 Å². The van der Waals surface area contributed by atoms with Gasteiger partial charge in [-0.05, 0) is 74.8 Å². The van der Waals surface area contributed by atoms with Crippen molar-refractivity contribution in [3.8, 4) is 50.6 Å². The number of fused-ring (bicyclic) bond motifs is 7. The molecule has 0 radical (unpaired) electrons. The molecule has 50 heavy (non-hydrogen) atoms. The lowest BCUT2D eigenvalue weighted by atomic mass is 9.81. The van der Waals surface area contributed by atoms with E-state index in [1.807, 2.05) is 0 Å². The van der Waals surface area contributed by atoms with Crippen LogP contribution in [0.25, 0.3) is 83.3 Å². The molecule has 236 valence electrons. The molecule has 7 aromatic carbocycles. The number of aromatic nitrogens is 3. The molecule has 1 aliphatic rings. The molecular weight excluding hydrogens is 607 g/mol. The van der Waals surface area contributed by atoms with Gasteiger partial charge in [0, 0.05) is 27.1 Å². The summed E-state index contributed by atoms with van der Waals surface area (Å²) >= 11 is 0. The van der Waals surface area contributed by atoms with Crippen molar-refractivity contribution in [2.75, 3.05) is 0 Å². The zero-order valence-electron chi connectivity index (χ0n) is 27.9. The quantitative estimate of drug-likeness (QED) is 0.192. The number of para-hydroxylation sites is 1. The monoisotopic (exact) mass is 639 g/mol. The third-order valence-corrected chi connectivity index (χ3v) is 10.6. The fourth-order valence-corrected chi connectivity index (χ4v) is 8.06. The summed E-state index contributed by atoms with van der Waals surface area (Å²) in [5.74, 6) is 0.671. The van der Waals surface area contributed by atoms with E-state index in [9.17, 15) is 0 Å². The summed E-state index contributed by atoms with van der Waals surface area (Å²) in [6, 6.07) is 58.7. The van der Waals surface area contributed by atoms with Crippen LogP contribution in [0, 0.1) is 0 Å². The molecule has 0 atom stereocenters. The highest BCUT2D eigenvalue weighted by atomic mass is 15.2. The molecule has 10 rings (SSSR count). The molecule has 2 heterocycles. The highest BCUT2D eigenvalue weighted by molar-refractivity contribution is 6.12. The first-order chi connectivity index (χ1) is 24.5. The van der Waals surface area contributed by atoms with Gasteiger partial charge >= 0.3 is 0 Å². The Balaban J connectivity index is 1.28. The summed E-state index contributed by atoms with van der Waals surface area (Å²) in [5.41, 5.74) is 15.1. The van der Waals surface area contributed by atoms with Gasteiger partial charge in [0.2, 0.25) is 5.95 Å². The van der Waals surface area contributed by atoms with E-state index in [1.165, 1.54) is 49.7 Å². The van der Waals surface area contributed by atoms with E-state index in [2.05, 4.69) is 182 Å². The van der Waals surface area contributed by atoms with Crippen molar-refractivity contribution in [1.82, 2.24) is 14.5 Å². The molecular formula is C47H33N3. The minimum atomic E-state index is -0.165. The Hall–Kier alpha value is -6.32. The van der Waals surface area contributed by atoms with E-state index in [-0.39, 0.29) is 5.41 Å². The van der Waals surface area contributed by atoms with Crippen LogP contribution in [-0.4, -0.2) is 14.5 Å². The Morgan fingerprint density at radius 2 is 1.00 bits per heavy atom. The second-order valence-electron chi connectivity index (χ2n) is 13.9. The van der Waals surface area contributed by atoms with Gasteiger partial charge in [0.05, 0.1) is 22.2 Å². The van der Waals surface area contributed by atoms with E-state index in [0.29, 0.717) is 5.95 Å². The smallest absolute Gasteiger partial charge is 0.235 e. The molecule has 0 unspecified atom stereocenters. The largest absolute Gasteiger partial charge is 0.278 e. The topological polar surface area (TPSA) is 30.7 Å². The Morgan fingerprint density at radius 3 is 1.72 bits per heavy atom. The zero-order chi connectivity index (χ0) is 33.4. The van der Waals surface area contributed by atoms with Crippen LogP contribution in [0.5, 0.6) is 0 Å². The molecule has 0 aliphatic heterocycles. The van der Waals surface area contributed by atoms with Gasteiger partial charge in [-0.3, -0.25) is 4.57 Å². The van der Waals surface area contributed by atoms with Crippen LogP contribution in [0.1, 0.15) is 25.0 Å². The van der Waals surface area contributed by atoms with Gasteiger partial charge in [0.15, 0.2) is 0 Å². The molecule has 0 amide bonds. The van der Waals surface area contributed by atoms with Crippen LogP contribution in [0.3, 0.4) is 0 Å². The van der Waals surface area contributed by atoms with Crippen molar-refractivity contribution in [2.45, 2.75) is 19.3 Å². The number of nitrogens with zero attached hydrogens (tertiary/aromatic N) is 3. The highest BCUT2D eigenvalue weighted by Gasteiger charge is 2.37. The molecule has 3 heteroatoms. The van der Waals surface area contributed by atoms with Crippen molar-refractivity contribution in [3.05, 3.63) is 175 Å². The standard InChI is InChI=1S/C47H33N3/c1-47(2)40-26-33(30-14-6-3-7-15-30)22-24-35(40)38-29-44-39(28-41(38)47)36-25-23-34(31-16-8-4-9-17-31)27-43(36)50(44)46-48-42-21-13-12-20-37(42)45(49-46)32-18-10-5-11-19-32/h3-29H,1-2H3. The first kappa shape index (κ1) is 28.7. The fraction of sp³-hybridized carbons (Fsp3) is 0.0638. The summed E-state index contributed by atoms with van der Waals surface area (Å²) in [6.07, 6.45) is 0. The van der Waals surface area contributed by atoms with E-state index < -0.39 is 0 Å². The van der Waals surface area contributed by atoms with Crippen LogP contribution in [0.4, 0.5) is 0 Å². The van der Waals surface area contributed by atoms with Gasteiger partial charge in [-0.15, -0.1) is 0 Å². The summed E-state index contributed by atoms with van der Waals surface area (Å²) in [6.45, 7) is 4.73. The van der Waals surface area contributed by atoms with Gasteiger partial charge in [-0.25, -0.2) is 9.97 Å². The van der Waals surface area contributed by atoms with Crippen LogP contribution < -0.4 is 0 Å². The van der Waals surface area contributed by atoms with E-state index in [0.717, 1.165) is 38.8 Å². The zero-order valence-corrected chi connectivity index (χ0v) is 27.9. The molecule has 0 bridgehead atoms. The second kappa shape index (κ2) is 10.8. The Bertz CT molecular complexity index is 2760. The lowest BCUT2D eigenvalue weighted by molar-refractivity contribution is 0.661. The predicted molar refractivity (Wildman–Crippen MR) is 208 cm³/mol. The average Bonchev–Trinajstić information content (AvgIpc) is 3.61. The Kier molecular flexibility index (Phi) is 6.22. The maximum absolute atomic E-state index is 5.38. The van der Waals surface area contributed by atoms with Gasteiger partial charge in [0.1, 0.15) is 0 Å². The number of rotatable bonds is 4. The Morgan fingerprint density at radius 1 is 0.420 bits per heavy atom. The maximum atomic E-state index is 5.38. The first-order valence-electron chi connectivity index (χ1n) is 17.3. The van der Waals surface area contributed by atoms with Crippen molar-refractivity contribution in [1.29, 1.82) is 0 Å². The summed E-state index contributed by atoms with van der Waals surface area (Å²) in [5, 5.41) is 3.44. The van der Waals surface area contributed by atoms with Crippen molar-refractivity contribution < 1.29 is 0 Å². The fourth-order valence-electron chi connectivity index (χ4n) is 8.06. The number of hydrogen-bond donors (Lipinski definition) is 0. The maximum Gasteiger partial charge on any atom is 0.235 e. The summed E-state index contributed by atoms with van der Waals surface area (Å²) in [7, 11) is 0. The van der Waals surface area contributed by atoms with Gasteiger partial charge in [0.25, 0.3) is 0 Å². The summed E-state index contributed by atoms with van der Waals surface area (Å²) in [4.78, 5) is 10.6. The lowest BCUT2D eigenvalue weighted by Gasteiger charge is -2.22. The molecule has 0 spiro atoms. The average molecular weight is 640 g/mol. The third-order valence-electron chi connectivity index (χ3n) is 10.6. The number of hydrogen-bond acceptors (Lipinski definition) is 2. The number of benzene rings is 7. The molecule has 0 saturated carbocycles. The molecule has 0 N–H and O–H groups in total. The van der Waals surface area contributed by atoms with Crippen LogP contribution in [-0.2, 0) is 5.41 Å². The minimum Gasteiger partial charge on any atom is -0.278 e. The Labute approximate surface area is 291 Å². The van der Waals surface area contributed by atoms with E-state index in [4.69, 9.17) is 9.97 Å². The van der Waals surface area contributed by atoms with Crippen molar-refractivity contribution in [3.63, 3.8) is 0 Å². The van der Waals surface area contributed by atoms with Crippen LogP contribution in [0.2, 0.25) is 0 Å². The van der Waals surface area contributed by atoms with E-state index >= 15 is 0 Å². The minimum absolute atomic E-state index is 0.165. The molecule has 0 saturated heterocycles. The molecule has 1 aliphatic carbocycles. The molecule has 2 aromatic heterocycles. The molecule has 3 nitrogen and oxygen atoms in total. The third kappa shape index (κ3) is 4.30. The van der Waals surface area contributed by atoms with Crippen molar-refractivity contribution in [2.24, 2.45) is 0 Å². The summed E-state index contributed by atoms with van der Waals surface area (Å²) < 4.78 is 2.29. The highest BCUT2D eigenvalue weighted by Crippen LogP contribution is 2.52. The van der Waals surface area contributed by atoms with E-state index in [1.54, 1.807) is 0 Å². The SMILES string of the molecule is CC1(C)c2cc(-c3ccccc3)ccc2-c2cc3c(cc21)c1ccc(-c2ccccc2)cc1n3-c1nc(-c2ccccc2)c2ccccc2n1. The van der Waals surface area contributed by atoms with Crippen LogP contribution >= 0.6 is 0 Å². The second-order valence-corrected chi connectivity index (χ2v) is 13.9. The first-order valence-corrected chi connectivity index (χ1v) is 17.3. The van der Waals surface area contributed by atoms with Crippen molar-refractivity contribution >= 4 is 32.7 Å².